The predicted molar refractivity (Wildman–Crippen MR) is 71.9 cm³/mol. The lowest BCUT2D eigenvalue weighted by molar-refractivity contribution is -0.118. The minimum atomic E-state index is -0.000556. The summed E-state index contributed by atoms with van der Waals surface area (Å²) in [5.74, 6) is 0.146. The topological polar surface area (TPSA) is 66.1 Å². The highest BCUT2D eigenvalue weighted by Crippen LogP contribution is 2.22. The number of H-pyrrole nitrogens is 1. The van der Waals surface area contributed by atoms with Crippen LogP contribution in [0.5, 0.6) is 0 Å². The molecule has 0 bridgehead atoms. The molecule has 104 valence electrons. The largest absolute Gasteiger partial charge is 0.335 e. The molecule has 0 spiro atoms. The molecule has 1 fully saturated rings. The summed E-state index contributed by atoms with van der Waals surface area (Å²) in [6, 6.07) is 0.0433. The minimum Gasteiger partial charge on any atom is -0.335 e. The van der Waals surface area contributed by atoms with Gasteiger partial charge in [-0.1, -0.05) is 12.8 Å². The quantitative estimate of drug-likeness (QED) is 0.908. The van der Waals surface area contributed by atoms with Gasteiger partial charge < -0.3 is 4.90 Å². The third-order valence-corrected chi connectivity index (χ3v) is 3.72. The van der Waals surface area contributed by atoms with Crippen LogP contribution < -0.4 is 0 Å². The second kappa shape index (κ2) is 5.99. The average Bonchev–Trinajstić information content (AvgIpc) is 2.64. The monoisotopic (exact) mass is 263 g/mol. The van der Waals surface area contributed by atoms with Crippen LogP contribution in [0.15, 0.2) is 6.20 Å². The summed E-state index contributed by atoms with van der Waals surface area (Å²) >= 11 is 0. The smallest absolute Gasteiger partial charge is 0.257 e. The number of rotatable bonds is 3. The molecule has 0 aliphatic carbocycles. The number of nitrogens with one attached hydrogen (secondary N) is 1. The lowest BCUT2D eigenvalue weighted by Gasteiger charge is -2.29. The maximum atomic E-state index is 12.6. The number of hydrogen-bond acceptors (Lipinski definition) is 3. The zero-order valence-electron chi connectivity index (χ0n) is 11.6. The Morgan fingerprint density at radius 3 is 2.84 bits per heavy atom. The average molecular weight is 263 g/mol. The van der Waals surface area contributed by atoms with Gasteiger partial charge in [-0.25, -0.2) is 0 Å². The van der Waals surface area contributed by atoms with Crippen molar-refractivity contribution in [3.05, 3.63) is 17.5 Å². The van der Waals surface area contributed by atoms with Gasteiger partial charge in [-0.2, -0.15) is 5.10 Å². The van der Waals surface area contributed by atoms with Gasteiger partial charge in [-0.3, -0.25) is 14.7 Å². The summed E-state index contributed by atoms with van der Waals surface area (Å²) in [7, 11) is 0. The third-order valence-electron chi connectivity index (χ3n) is 3.72. The number of aromatic nitrogens is 2. The van der Waals surface area contributed by atoms with Gasteiger partial charge >= 0.3 is 0 Å². The fourth-order valence-corrected chi connectivity index (χ4v) is 2.71. The Labute approximate surface area is 113 Å². The highest BCUT2D eigenvalue weighted by molar-refractivity contribution is 5.95. The number of ketones is 1. The van der Waals surface area contributed by atoms with Crippen LogP contribution in [0.2, 0.25) is 0 Å². The number of nitrogens with zero attached hydrogens (tertiary/aromatic N) is 2. The molecule has 0 saturated carbocycles. The molecule has 19 heavy (non-hydrogen) atoms. The number of hydrogen-bond donors (Lipinski definition) is 1. The van der Waals surface area contributed by atoms with Gasteiger partial charge in [0.05, 0.1) is 11.8 Å². The normalized spacial score (nSPS) is 20.1. The van der Waals surface area contributed by atoms with E-state index in [9.17, 15) is 9.59 Å². The Kier molecular flexibility index (Phi) is 4.35. The molecule has 1 aromatic rings. The maximum absolute atomic E-state index is 12.6. The number of carbonyl (C=O) groups excluding carboxylic acids is 2. The maximum Gasteiger partial charge on any atom is 0.257 e. The van der Waals surface area contributed by atoms with Gasteiger partial charge in [0, 0.05) is 24.7 Å². The molecule has 1 atom stereocenters. The predicted octanol–water partition coefficient (Wildman–Crippen LogP) is 2.08. The van der Waals surface area contributed by atoms with Crippen molar-refractivity contribution in [2.75, 3.05) is 6.54 Å². The van der Waals surface area contributed by atoms with Crippen molar-refractivity contribution < 1.29 is 9.59 Å². The molecule has 1 aliphatic rings. The lowest BCUT2D eigenvalue weighted by atomic mass is 10.0. The molecule has 1 aromatic heterocycles. The standard InChI is InChI=1S/C14H21N3O2/c1-10(18)8-12-6-4-3-5-7-17(12)14(19)13-9-15-16-11(13)2/h9,12H,3-8H2,1-2H3,(H,15,16). The number of amides is 1. The highest BCUT2D eigenvalue weighted by Gasteiger charge is 2.28. The van der Waals surface area contributed by atoms with Crippen molar-refractivity contribution in [1.82, 2.24) is 15.1 Å². The van der Waals surface area contributed by atoms with Crippen LogP contribution in [0.4, 0.5) is 0 Å². The number of carbonyl (C=O) groups is 2. The minimum absolute atomic E-state index is 0.000556. The molecule has 1 unspecified atom stereocenters. The fourth-order valence-electron chi connectivity index (χ4n) is 2.71. The molecule has 2 heterocycles. The highest BCUT2D eigenvalue weighted by atomic mass is 16.2. The van der Waals surface area contributed by atoms with Crippen molar-refractivity contribution in [3.63, 3.8) is 0 Å². The molecule has 1 N–H and O–H groups in total. The number of Topliss-reactive ketones (excluding diaryl/α,β-unsaturated/α-hetero) is 1. The Hall–Kier alpha value is -1.65. The summed E-state index contributed by atoms with van der Waals surface area (Å²) in [5, 5.41) is 6.70. The summed E-state index contributed by atoms with van der Waals surface area (Å²) < 4.78 is 0. The number of aryl methyl sites for hydroxylation is 1. The molecule has 0 radical (unpaired) electrons. The zero-order chi connectivity index (χ0) is 13.8. The van der Waals surface area contributed by atoms with Gasteiger partial charge in [0.2, 0.25) is 0 Å². The molecule has 0 aromatic carbocycles. The van der Waals surface area contributed by atoms with Crippen molar-refractivity contribution in [3.8, 4) is 0 Å². The van der Waals surface area contributed by atoms with Gasteiger partial charge in [0.15, 0.2) is 0 Å². The van der Waals surface area contributed by atoms with E-state index in [1.807, 2.05) is 11.8 Å². The molecule has 2 rings (SSSR count). The third kappa shape index (κ3) is 3.22. The number of likely N-dealkylation sites (tertiary alicyclic amines) is 1. The van der Waals surface area contributed by atoms with E-state index in [1.54, 1.807) is 13.1 Å². The number of aromatic amines is 1. The molecule has 1 aliphatic heterocycles. The lowest BCUT2D eigenvalue weighted by Crippen LogP contribution is -2.41. The van der Waals surface area contributed by atoms with E-state index in [0.717, 1.165) is 37.9 Å². The first-order valence-electron chi connectivity index (χ1n) is 6.90. The van der Waals surface area contributed by atoms with Crippen LogP contribution in [0.1, 0.15) is 55.1 Å². The molecule has 1 amide bonds. The van der Waals surface area contributed by atoms with E-state index < -0.39 is 0 Å². The first kappa shape index (κ1) is 13.8. The summed E-state index contributed by atoms with van der Waals surface area (Å²) in [4.78, 5) is 25.8. The second-order valence-electron chi connectivity index (χ2n) is 5.32. The SMILES string of the molecule is CC(=O)CC1CCCCCN1C(=O)c1cn[nH]c1C. The van der Waals surface area contributed by atoms with Gasteiger partial charge in [-0.05, 0) is 26.7 Å². The van der Waals surface area contributed by atoms with Crippen molar-refractivity contribution in [2.45, 2.75) is 52.0 Å². The van der Waals surface area contributed by atoms with E-state index in [1.165, 1.54) is 0 Å². The molecular formula is C14H21N3O2. The Balaban J connectivity index is 2.20. The van der Waals surface area contributed by atoms with Gasteiger partial charge in [0.1, 0.15) is 5.78 Å². The van der Waals surface area contributed by atoms with Crippen LogP contribution in [0, 0.1) is 6.92 Å². The first-order chi connectivity index (χ1) is 9.09. The Morgan fingerprint density at radius 1 is 1.42 bits per heavy atom. The zero-order valence-corrected chi connectivity index (χ0v) is 11.6. The molecule has 5 nitrogen and oxygen atoms in total. The summed E-state index contributed by atoms with van der Waals surface area (Å²) in [5.41, 5.74) is 1.41. The van der Waals surface area contributed by atoms with E-state index in [-0.39, 0.29) is 17.7 Å². The molecular weight excluding hydrogens is 242 g/mol. The van der Waals surface area contributed by atoms with Crippen LogP contribution in [0.3, 0.4) is 0 Å². The first-order valence-corrected chi connectivity index (χ1v) is 6.90. The Bertz CT molecular complexity index is 467. The van der Waals surface area contributed by atoms with E-state index in [4.69, 9.17) is 0 Å². The van der Waals surface area contributed by atoms with E-state index in [2.05, 4.69) is 10.2 Å². The van der Waals surface area contributed by atoms with Crippen LogP contribution in [-0.4, -0.2) is 39.4 Å². The van der Waals surface area contributed by atoms with Crippen LogP contribution in [-0.2, 0) is 4.79 Å². The molecule has 1 saturated heterocycles. The van der Waals surface area contributed by atoms with Crippen molar-refractivity contribution in [2.24, 2.45) is 0 Å². The van der Waals surface area contributed by atoms with Crippen molar-refractivity contribution >= 4 is 11.7 Å². The van der Waals surface area contributed by atoms with E-state index >= 15 is 0 Å². The van der Waals surface area contributed by atoms with Gasteiger partial charge in [-0.15, -0.1) is 0 Å². The Morgan fingerprint density at radius 2 is 2.21 bits per heavy atom. The molecule has 5 heteroatoms. The fraction of sp³-hybridized carbons (Fsp3) is 0.643. The van der Waals surface area contributed by atoms with Crippen LogP contribution in [0.25, 0.3) is 0 Å². The van der Waals surface area contributed by atoms with E-state index in [0.29, 0.717) is 12.0 Å². The summed E-state index contributed by atoms with van der Waals surface area (Å²) in [6.45, 7) is 4.18. The second-order valence-corrected chi connectivity index (χ2v) is 5.32. The summed E-state index contributed by atoms with van der Waals surface area (Å²) in [6.07, 6.45) is 6.18. The van der Waals surface area contributed by atoms with Crippen molar-refractivity contribution in [1.29, 1.82) is 0 Å². The van der Waals surface area contributed by atoms with Crippen LogP contribution >= 0.6 is 0 Å². The van der Waals surface area contributed by atoms with Gasteiger partial charge in [0.25, 0.3) is 5.91 Å².